The van der Waals surface area contributed by atoms with Gasteiger partial charge >= 0.3 is 0 Å². The van der Waals surface area contributed by atoms with E-state index in [4.69, 9.17) is 8.83 Å². The van der Waals surface area contributed by atoms with Crippen LogP contribution in [0.2, 0.25) is 0 Å². The Labute approximate surface area is 417 Å². The van der Waals surface area contributed by atoms with Crippen LogP contribution in [-0.2, 0) is 11.8 Å². The topological polar surface area (TPSA) is 32.8 Å². The van der Waals surface area contributed by atoms with Crippen molar-refractivity contribution in [1.29, 1.82) is 0 Å². The van der Waals surface area contributed by atoms with Gasteiger partial charge in [-0.1, -0.05) is 173 Å². The van der Waals surface area contributed by atoms with Gasteiger partial charge in [0, 0.05) is 48.5 Å². The fraction of sp³-hybridized carbons (Fsp3) is 0.118. The SMILES string of the molecule is CC(C)c1cc(N(c2cccc3ccccc23)c2cccc3c2oc2ccccc23)c2cc3c4c(cc(N(c5cccc6ccccc56)c5cccc6c5oc5ccccc56)c5ccc1c2c54)CCC3(C)C. The highest BCUT2D eigenvalue weighted by atomic mass is 16.3. The summed E-state index contributed by atoms with van der Waals surface area (Å²) in [5.74, 6) is 0.227. The second-order valence-corrected chi connectivity index (χ2v) is 21.0. The molecule has 12 aromatic carbocycles. The van der Waals surface area contributed by atoms with Gasteiger partial charge in [-0.25, -0.2) is 0 Å². The maximum atomic E-state index is 6.98. The van der Waals surface area contributed by atoms with Gasteiger partial charge in [0.05, 0.1) is 34.1 Å². The summed E-state index contributed by atoms with van der Waals surface area (Å²) in [6.07, 6.45) is 2.00. The quantitative estimate of drug-likeness (QED) is 0.149. The van der Waals surface area contributed by atoms with Gasteiger partial charge < -0.3 is 18.6 Å². The van der Waals surface area contributed by atoms with Gasteiger partial charge in [0.2, 0.25) is 0 Å². The molecule has 0 N–H and O–H groups in total. The summed E-state index contributed by atoms with van der Waals surface area (Å²) >= 11 is 0. The second kappa shape index (κ2) is 15.2. The lowest BCUT2D eigenvalue weighted by Gasteiger charge is -2.37. The number of furan rings is 2. The highest BCUT2D eigenvalue weighted by Crippen LogP contribution is 2.56. The molecule has 344 valence electrons. The monoisotopic (exact) mass is 926 g/mol. The summed E-state index contributed by atoms with van der Waals surface area (Å²) in [5, 5.41) is 17.0. The van der Waals surface area contributed by atoms with Crippen LogP contribution in [0.4, 0.5) is 34.1 Å². The number of hydrogen-bond acceptors (Lipinski definition) is 4. The zero-order valence-electron chi connectivity index (χ0n) is 40.8. The Morgan fingerprint density at radius 3 is 1.44 bits per heavy atom. The van der Waals surface area contributed by atoms with E-state index in [0.717, 1.165) is 90.8 Å². The van der Waals surface area contributed by atoms with E-state index >= 15 is 0 Å². The van der Waals surface area contributed by atoms with Gasteiger partial charge in [0.25, 0.3) is 0 Å². The van der Waals surface area contributed by atoms with Gasteiger partial charge in [0.15, 0.2) is 11.2 Å². The summed E-state index contributed by atoms with van der Waals surface area (Å²) < 4.78 is 13.9. The van der Waals surface area contributed by atoms with E-state index in [9.17, 15) is 0 Å². The van der Waals surface area contributed by atoms with Crippen molar-refractivity contribution in [3.8, 4) is 0 Å². The number of hydrogen-bond donors (Lipinski definition) is 0. The molecule has 0 bridgehead atoms. The van der Waals surface area contributed by atoms with Gasteiger partial charge in [-0.2, -0.15) is 0 Å². The number of benzene rings is 12. The maximum Gasteiger partial charge on any atom is 0.159 e. The molecule has 1 aliphatic rings. The highest BCUT2D eigenvalue weighted by Gasteiger charge is 2.35. The van der Waals surface area contributed by atoms with Crippen LogP contribution in [0.1, 0.15) is 56.7 Å². The maximum absolute atomic E-state index is 6.98. The molecule has 4 nitrogen and oxygen atoms in total. The Morgan fingerprint density at radius 1 is 0.389 bits per heavy atom. The highest BCUT2D eigenvalue weighted by molar-refractivity contribution is 6.31. The molecule has 0 aliphatic heterocycles. The lowest BCUT2D eigenvalue weighted by Crippen LogP contribution is -2.24. The molecule has 0 unspecified atom stereocenters. The van der Waals surface area contributed by atoms with E-state index in [0.29, 0.717) is 0 Å². The number of para-hydroxylation sites is 4. The molecular formula is C68H50N2O2. The average molecular weight is 927 g/mol. The number of rotatable bonds is 7. The van der Waals surface area contributed by atoms with E-state index in [-0.39, 0.29) is 11.3 Å². The minimum absolute atomic E-state index is 0.0898. The molecule has 0 spiro atoms. The normalized spacial score (nSPS) is 13.7. The minimum atomic E-state index is -0.0898. The molecule has 2 heterocycles. The van der Waals surface area contributed by atoms with Crippen molar-refractivity contribution in [1.82, 2.24) is 0 Å². The Kier molecular flexibility index (Phi) is 8.70. The third kappa shape index (κ3) is 5.81. The van der Waals surface area contributed by atoms with Gasteiger partial charge in [0.1, 0.15) is 11.2 Å². The molecule has 72 heavy (non-hydrogen) atoms. The van der Waals surface area contributed by atoms with Crippen molar-refractivity contribution in [2.75, 3.05) is 9.80 Å². The molecule has 0 atom stereocenters. The van der Waals surface area contributed by atoms with Crippen LogP contribution in [0, 0.1) is 0 Å². The van der Waals surface area contributed by atoms with Crippen molar-refractivity contribution in [3.05, 3.63) is 217 Å². The largest absolute Gasteiger partial charge is 0.454 e. The Hall–Kier alpha value is -8.60. The Morgan fingerprint density at radius 2 is 0.861 bits per heavy atom. The fourth-order valence-corrected chi connectivity index (χ4v) is 12.7. The molecule has 0 amide bonds. The summed E-state index contributed by atoms with van der Waals surface area (Å²) in [5.41, 5.74) is 14.1. The van der Waals surface area contributed by atoms with Crippen LogP contribution in [0.3, 0.4) is 0 Å². The van der Waals surface area contributed by atoms with Crippen LogP contribution >= 0.6 is 0 Å². The number of aryl methyl sites for hydroxylation is 1. The molecule has 2 aromatic heterocycles. The van der Waals surface area contributed by atoms with Gasteiger partial charge in [-0.05, 0) is 122 Å². The predicted octanol–water partition coefficient (Wildman–Crippen LogP) is 20.0. The van der Waals surface area contributed by atoms with Crippen molar-refractivity contribution in [2.45, 2.75) is 51.9 Å². The fourth-order valence-electron chi connectivity index (χ4n) is 12.7. The molecule has 15 rings (SSSR count). The van der Waals surface area contributed by atoms with E-state index in [1.54, 1.807) is 0 Å². The number of fused-ring (bicyclic) bond motifs is 8. The van der Waals surface area contributed by atoms with Crippen molar-refractivity contribution < 1.29 is 8.83 Å². The van der Waals surface area contributed by atoms with Crippen molar-refractivity contribution >= 4 is 132 Å². The minimum Gasteiger partial charge on any atom is -0.454 e. The van der Waals surface area contributed by atoms with E-state index in [1.165, 1.54) is 70.6 Å². The molecule has 0 radical (unpaired) electrons. The van der Waals surface area contributed by atoms with E-state index in [1.807, 2.05) is 0 Å². The molecule has 14 aromatic rings. The smallest absolute Gasteiger partial charge is 0.159 e. The van der Waals surface area contributed by atoms with Gasteiger partial charge in [-0.3, -0.25) is 0 Å². The first kappa shape index (κ1) is 41.2. The molecular weight excluding hydrogens is 877 g/mol. The van der Waals surface area contributed by atoms with Crippen LogP contribution in [-0.4, -0.2) is 0 Å². The summed E-state index contributed by atoms with van der Waals surface area (Å²) in [4.78, 5) is 5.05. The Bertz CT molecular complexity index is 4540. The Balaban J connectivity index is 1.11. The molecule has 4 heteroatoms. The third-order valence-corrected chi connectivity index (χ3v) is 16.2. The second-order valence-electron chi connectivity index (χ2n) is 21.0. The summed E-state index contributed by atoms with van der Waals surface area (Å²) in [7, 11) is 0. The number of anilines is 6. The first-order chi connectivity index (χ1) is 35.3. The van der Waals surface area contributed by atoms with Crippen LogP contribution in [0.5, 0.6) is 0 Å². The predicted molar refractivity (Wildman–Crippen MR) is 305 cm³/mol. The van der Waals surface area contributed by atoms with Crippen LogP contribution in [0.25, 0.3) is 97.7 Å². The third-order valence-electron chi connectivity index (χ3n) is 16.2. The van der Waals surface area contributed by atoms with Crippen LogP contribution in [0.15, 0.2) is 209 Å². The lowest BCUT2D eigenvalue weighted by atomic mass is 9.70. The summed E-state index contributed by atoms with van der Waals surface area (Å²) in [6, 6.07) is 73.7. The zero-order chi connectivity index (χ0) is 48.0. The molecule has 0 saturated heterocycles. The zero-order valence-corrected chi connectivity index (χ0v) is 40.8. The van der Waals surface area contributed by atoms with Crippen molar-refractivity contribution in [3.63, 3.8) is 0 Å². The molecule has 1 aliphatic carbocycles. The standard InChI is InChI=1S/C68H50N2O2/c1-40(2)52-39-60(70(56-28-14-20-42-18-6-8-22-45(42)56)58-30-16-26-50-47-24-10-12-32-62(47)72-67(50)58)53-38-54-63-43(35-36-68(54,3)4)37-59(51-34-33-48(52)64(53)65(51)63)69(55-27-13-19-41-17-5-7-21-44(41)55)57-29-15-25-49-46-23-9-11-31-61(46)71-66(49)57/h5-34,37-40H,35-36H2,1-4H3. The lowest BCUT2D eigenvalue weighted by molar-refractivity contribution is 0.475. The molecule has 0 saturated carbocycles. The van der Waals surface area contributed by atoms with Crippen LogP contribution < -0.4 is 9.80 Å². The van der Waals surface area contributed by atoms with Gasteiger partial charge in [-0.15, -0.1) is 0 Å². The van der Waals surface area contributed by atoms with Crippen molar-refractivity contribution in [2.24, 2.45) is 0 Å². The first-order valence-corrected chi connectivity index (χ1v) is 25.5. The number of nitrogens with zero attached hydrogens (tertiary/aromatic N) is 2. The first-order valence-electron chi connectivity index (χ1n) is 25.5. The summed E-state index contributed by atoms with van der Waals surface area (Å²) in [6.45, 7) is 9.61. The van der Waals surface area contributed by atoms with E-state index < -0.39 is 0 Å². The molecule has 0 fully saturated rings. The average Bonchev–Trinajstić information content (AvgIpc) is 3.99. The van der Waals surface area contributed by atoms with E-state index in [2.05, 4.69) is 238 Å².